The van der Waals surface area contributed by atoms with E-state index in [1.54, 1.807) is 39.0 Å². The van der Waals surface area contributed by atoms with Crippen LogP contribution in [0, 0.1) is 17.3 Å². The Labute approximate surface area is 178 Å². The number of carbonyl (C=O) groups is 2. The van der Waals surface area contributed by atoms with E-state index >= 15 is 0 Å². The minimum absolute atomic E-state index is 0.0672. The molecule has 0 saturated heterocycles. The normalized spacial score (nSPS) is 25.5. The van der Waals surface area contributed by atoms with Gasteiger partial charge in [-0.2, -0.15) is 8.42 Å². The highest BCUT2D eigenvalue weighted by Gasteiger charge is 2.56. The van der Waals surface area contributed by atoms with Gasteiger partial charge in [0.25, 0.3) is 0 Å². The molecule has 2 aliphatic carbocycles. The second-order valence-corrected chi connectivity index (χ2v) is 10.9. The Morgan fingerprint density at radius 2 is 1.87 bits per heavy atom. The Kier molecular flexibility index (Phi) is 6.00. The molecule has 1 aromatic carbocycles. The Bertz CT molecular complexity index is 948. The smallest absolute Gasteiger partial charge is 0.407 e. The van der Waals surface area contributed by atoms with Crippen molar-refractivity contribution in [1.29, 1.82) is 0 Å². The van der Waals surface area contributed by atoms with Crippen LogP contribution in [-0.4, -0.2) is 32.6 Å². The third-order valence-electron chi connectivity index (χ3n) is 5.65. The van der Waals surface area contributed by atoms with Crippen LogP contribution in [0.25, 0.3) is 0 Å². The van der Waals surface area contributed by atoms with E-state index in [0.29, 0.717) is 12.3 Å². The summed E-state index contributed by atoms with van der Waals surface area (Å²) < 4.78 is 35.0. The summed E-state index contributed by atoms with van der Waals surface area (Å²) in [5, 5.41) is 2.76. The molecule has 3 atom stereocenters. The van der Waals surface area contributed by atoms with Gasteiger partial charge in [-0.1, -0.05) is 29.8 Å². The lowest BCUT2D eigenvalue weighted by Gasteiger charge is -2.52. The van der Waals surface area contributed by atoms with Crippen molar-refractivity contribution in [2.75, 3.05) is 6.54 Å². The topological polar surface area (TPSA) is 98.8 Å². The zero-order valence-electron chi connectivity index (χ0n) is 17.8. The molecule has 0 unspecified atom stereocenters. The minimum Gasteiger partial charge on any atom is -0.444 e. The van der Waals surface area contributed by atoms with Crippen LogP contribution in [-0.2, 0) is 23.8 Å². The second kappa shape index (κ2) is 8.06. The highest BCUT2D eigenvalue weighted by molar-refractivity contribution is 7.87. The van der Waals surface area contributed by atoms with Gasteiger partial charge < -0.3 is 14.2 Å². The lowest BCUT2D eigenvalue weighted by atomic mass is 9.53. The molecule has 0 heterocycles. The monoisotopic (exact) mass is 435 g/mol. The molecule has 8 heteroatoms. The molecule has 0 spiro atoms. The number of carbonyl (C=O) groups excluding carboxylic acids is 2. The number of alkyl carbamates (subject to hydrolysis) is 1. The molecule has 30 heavy (non-hydrogen) atoms. The maximum Gasteiger partial charge on any atom is 0.407 e. The van der Waals surface area contributed by atoms with Gasteiger partial charge in [-0.25, -0.2) is 4.79 Å². The third-order valence-corrected chi connectivity index (χ3v) is 6.90. The summed E-state index contributed by atoms with van der Waals surface area (Å²) in [6, 6.07) is 7.57. The zero-order valence-corrected chi connectivity index (χ0v) is 18.6. The quantitative estimate of drug-likeness (QED) is 0.539. The number of hydrogen-bond acceptors (Lipinski definition) is 6. The average Bonchev–Trinajstić information content (AvgIpc) is 2.93. The maximum absolute atomic E-state index is 12.6. The molecule has 1 amide bonds. The number of rotatable bonds is 6. The van der Waals surface area contributed by atoms with Crippen molar-refractivity contribution in [1.82, 2.24) is 5.32 Å². The number of allylic oxidation sites excluding steroid dienone is 2. The summed E-state index contributed by atoms with van der Waals surface area (Å²) in [4.78, 5) is 24.7. The van der Waals surface area contributed by atoms with Crippen LogP contribution in [0.15, 0.2) is 46.9 Å². The molecular formula is C22H29NO6S. The van der Waals surface area contributed by atoms with Crippen molar-refractivity contribution in [3.63, 3.8) is 0 Å². The van der Waals surface area contributed by atoms with E-state index in [1.165, 1.54) is 17.7 Å². The number of amides is 1. The van der Waals surface area contributed by atoms with Gasteiger partial charge in [-0.05, 0) is 64.5 Å². The first-order chi connectivity index (χ1) is 13.9. The molecule has 0 bridgehead atoms. The first-order valence-corrected chi connectivity index (χ1v) is 11.5. The summed E-state index contributed by atoms with van der Waals surface area (Å²) >= 11 is 0. The van der Waals surface area contributed by atoms with E-state index in [4.69, 9.17) is 8.92 Å². The van der Waals surface area contributed by atoms with Crippen molar-refractivity contribution < 1.29 is 26.9 Å². The fraction of sp³-hybridized carbons (Fsp3) is 0.545. The van der Waals surface area contributed by atoms with Crippen molar-refractivity contribution in [3.05, 3.63) is 42.0 Å². The molecular weight excluding hydrogens is 406 g/mol. The number of benzene rings is 1. The van der Waals surface area contributed by atoms with Crippen LogP contribution in [0.4, 0.5) is 4.79 Å². The molecule has 7 nitrogen and oxygen atoms in total. The van der Waals surface area contributed by atoms with Gasteiger partial charge >= 0.3 is 22.2 Å². The second-order valence-electron chi connectivity index (χ2n) is 9.32. The fourth-order valence-corrected chi connectivity index (χ4v) is 5.39. The lowest BCUT2D eigenvalue weighted by Crippen LogP contribution is -2.54. The molecule has 2 aliphatic rings. The van der Waals surface area contributed by atoms with Crippen LogP contribution < -0.4 is 5.32 Å². The van der Waals surface area contributed by atoms with Crippen molar-refractivity contribution in [3.8, 4) is 0 Å². The third kappa shape index (κ3) is 5.03. The molecule has 1 aromatic rings. The predicted octanol–water partition coefficient (Wildman–Crippen LogP) is 3.81. The summed E-state index contributed by atoms with van der Waals surface area (Å²) in [6.45, 7) is 7.58. The van der Waals surface area contributed by atoms with Crippen molar-refractivity contribution in [2.24, 2.45) is 17.3 Å². The zero-order chi connectivity index (χ0) is 22.2. The first-order valence-electron chi connectivity index (χ1n) is 10.1. The molecule has 0 radical (unpaired) electrons. The number of hydrogen-bond donors (Lipinski definition) is 1. The molecule has 1 fully saturated rings. The van der Waals surface area contributed by atoms with Gasteiger partial charge in [0.05, 0.1) is 6.42 Å². The van der Waals surface area contributed by atoms with Gasteiger partial charge in [0.2, 0.25) is 0 Å². The van der Waals surface area contributed by atoms with E-state index in [9.17, 15) is 18.0 Å². The van der Waals surface area contributed by atoms with Crippen LogP contribution >= 0.6 is 0 Å². The molecule has 3 rings (SSSR count). The van der Waals surface area contributed by atoms with Gasteiger partial charge in [0, 0.05) is 12.0 Å². The van der Waals surface area contributed by atoms with E-state index < -0.39 is 33.2 Å². The van der Waals surface area contributed by atoms with Crippen LogP contribution in [0.3, 0.4) is 0 Å². The highest BCUT2D eigenvalue weighted by Crippen LogP contribution is 2.59. The number of ether oxygens (including phenoxy) is 1. The van der Waals surface area contributed by atoms with Crippen molar-refractivity contribution >= 4 is 22.2 Å². The standard InChI is InChI=1S/C22H29NO6S/c1-15-10-16-12-22(18(16)11-15,14-23-20(25)28-21(2,3)4)13-19(24)29-30(26,27)17-8-6-5-7-9-17/h5-9,11,16,18H,10,12-14H2,1-4H3,(H,23,25)/t16-,18+,22+/m1/s1. The van der Waals surface area contributed by atoms with Gasteiger partial charge in [-0.15, -0.1) is 0 Å². The maximum atomic E-state index is 12.6. The minimum atomic E-state index is -4.18. The SMILES string of the molecule is CC1=C[C@H]2[C@H](C1)C[C@@]2(CNC(=O)OC(C)(C)C)CC(=O)OS(=O)(=O)c1ccccc1. The Morgan fingerprint density at radius 3 is 2.47 bits per heavy atom. The number of nitrogens with one attached hydrogen (secondary N) is 1. The summed E-state index contributed by atoms with van der Waals surface area (Å²) in [5.74, 6) is -0.315. The summed E-state index contributed by atoms with van der Waals surface area (Å²) in [6.07, 6.45) is 3.14. The van der Waals surface area contributed by atoms with Gasteiger partial charge in [0.15, 0.2) is 0 Å². The van der Waals surface area contributed by atoms with Crippen LogP contribution in [0.5, 0.6) is 0 Å². The molecule has 164 valence electrons. The van der Waals surface area contributed by atoms with Crippen LogP contribution in [0.1, 0.15) is 47.0 Å². The Morgan fingerprint density at radius 1 is 1.20 bits per heavy atom. The van der Waals surface area contributed by atoms with Crippen molar-refractivity contribution in [2.45, 2.75) is 57.5 Å². The van der Waals surface area contributed by atoms with E-state index in [1.807, 2.05) is 6.92 Å². The molecule has 0 aliphatic heterocycles. The number of fused-ring (bicyclic) bond motifs is 1. The van der Waals surface area contributed by atoms with E-state index in [2.05, 4.69) is 11.4 Å². The predicted molar refractivity (Wildman–Crippen MR) is 111 cm³/mol. The molecule has 1 saturated carbocycles. The van der Waals surface area contributed by atoms with E-state index in [-0.39, 0.29) is 23.8 Å². The first kappa shape index (κ1) is 22.3. The largest absolute Gasteiger partial charge is 0.444 e. The van der Waals surface area contributed by atoms with E-state index in [0.717, 1.165) is 6.42 Å². The Hall–Kier alpha value is -2.35. The molecule has 1 N–H and O–H groups in total. The fourth-order valence-electron chi connectivity index (χ4n) is 4.50. The average molecular weight is 436 g/mol. The van der Waals surface area contributed by atoms with Gasteiger partial charge in [-0.3, -0.25) is 4.79 Å². The highest BCUT2D eigenvalue weighted by atomic mass is 32.2. The molecule has 0 aromatic heterocycles. The van der Waals surface area contributed by atoms with Gasteiger partial charge in [0.1, 0.15) is 10.5 Å². The Balaban J connectivity index is 1.71. The lowest BCUT2D eigenvalue weighted by molar-refractivity contribution is -0.141. The summed E-state index contributed by atoms with van der Waals surface area (Å²) in [5.41, 5.74) is 0.0311. The van der Waals surface area contributed by atoms with Crippen LogP contribution in [0.2, 0.25) is 0 Å². The summed E-state index contributed by atoms with van der Waals surface area (Å²) in [7, 11) is -4.18.